The fraction of sp³-hybridized carbons (Fsp3) is 0.750. The molecule has 1 amide bonds. The number of hydrogen-bond acceptors (Lipinski definition) is 6. The first-order chi connectivity index (χ1) is 13.3. The van der Waals surface area contributed by atoms with Gasteiger partial charge in [0.1, 0.15) is 5.82 Å². The zero-order valence-corrected chi connectivity index (χ0v) is 16.0. The summed E-state index contributed by atoms with van der Waals surface area (Å²) in [7, 11) is 0. The van der Waals surface area contributed by atoms with Gasteiger partial charge in [0.2, 0.25) is 5.91 Å². The van der Waals surface area contributed by atoms with Crippen molar-refractivity contribution in [2.45, 2.75) is 63.1 Å². The number of nitrogens with zero attached hydrogens (tertiary/aromatic N) is 3. The van der Waals surface area contributed by atoms with Crippen molar-refractivity contribution in [1.29, 1.82) is 0 Å². The first-order valence-electron chi connectivity index (χ1n) is 10.4. The number of hydrogen-bond donors (Lipinski definition) is 2. The van der Waals surface area contributed by atoms with E-state index in [-0.39, 0.29) is 17.9 Å². The van der Waals surface area contributed by atoms with Gasteiger partial charge in [0.25, 0.3) is 0 Å². The van der Waals surface area contributed by atoms with Gasteiger partial charge in [0.05, 0.1) is 12.1 Å². The van der Waals surface area contributed by atoms with E-state index in [0.29, 0.717) is 12.1 Å². The lowest BCUT2D eigenvalue weighted by molar-refractivity contribution is -0.127. The second kappa shape index (κ2) is 8.97. The Bertz CT molecular complexity index is 604. The van der Waals surface area contributed by atoms with E-state index in [2.05, 4.69) is 25.5 Å². The molecule has 1 aliphatic carbocycles. The maximum absolute atomic E-state index is 12.8. The van der Waals surface area contributed by atoms with E-state index in [1.54, 1.807) is 18.6 Å². The van der Waals surface area contributed by atoms with Gasteiger partial charge in [0.15, 0.2) is 0 Å². The average Bonchev–Trinajstić information content (AvgIpc) is 2.89. The summed E-state index contributed by atoms with van der Waals surface area (Å²) in [5, 5.41) is 6.80. The largest absolute Gasteiger partial charge is 0.381 e. The van der Waals surface area contributed by atoms with Crippen LogP contribution in [0, 0.1) is 5.92 Å². The van der Waals surface area contributed by atoms with Gasteiger partial charge in [-0.05, 0) is 44.9 Å². The number of carbonyl (C=O) groups is 1. The summed E-state index contributed by atoms with van der Waals surface area (Å²) in [5.74, 6) is 1.13. The van der Waals surface area contributed by atoms with Crippen LogP contribution >= 0.6 is 0 Å². The summed E-state index contributed by atoms with van der Waals surface area (Å²) in [4.78, 5) is 23.9. The third-order valence-electron chi connectivity index (χ3n) is 6.22. The van der Waals surface area contributed by atoms with Gasteiger partial charge in [-0.2, -0.15) is 0 Å². The third-order valence-corrected chi connectivity index (χ3v) is 6.22. The summed E-state index contributed by atoms with van der Waals surface area (Å²) in [6.45, 7) is 3.43. The third kappa shape index (κ3) is 4.96. The number of carbonyl (C=O) groups excluding carboxylic acids is 1. The Hall–Kier alpha value is -1.73. The van der Waals surface area contributed by atoms with E-state index in [1.165, 1.54) is 6.42 Å². The summed E-state index contributed by atoms with van der Waals surface area (Å²) in [5.41, 5.74) is 0. The number of aromatic nitrogens is 2. The molecule has 3 aliphatic rings. The van der Waals surface area contributed by atoms with Crippen molar-refractivity contribution in [2.75, 3.05) is 31.6 Å². The van der Waals surface area contributed by atoms with Crippen molar-refractivity contribution >= 4 is 11.7 Å². The fourth-order valence-corrected chi connectivity index (χ4v) is 4.36. The Kier molecular flexibility index (Phi) is 6.19. The highest BCUT2D eigenvalue weighted by molar-refractivity contribution is 5.79. The van der Waals surface area contributed by atoms with Gasteiger partial charge >= 0.3 is 0 Å². The molecule has 148 valence electrons. The number of ether oxygens (including phenoxy) is 1. The SMILES string of the molecule is O=C(NC1CCC1)[C@@H]1CC[C@H](Nc2cnccn2)CN(C2CCOCC2)C1. The van der Waals surface area contributed by atoms with Crippen LogP contribution in [0.25, 0.3) is 0 Å². The van der Waals surface area contributed by atoms with Crippen LogP contribution in [0.3, 0.4) is 0 Å². The molecule has 0 unspecified atom stereocenters. The quantitative estimate of drug-likeness (QED) is 0.820. The highest BCUT2D eigenvalue weighted by atomic mass is 16.5. The Labute approximate surface area is 161 Å². The standard InChI is InChI=1S/C20H31N5O2/c26-20(24-16-2-1-3-16)15-4-5-17(23-19-12-21-8-9-22-19)14-25(13-15)18-6-10-27-11-7-18/h8-9,12,15-18H,1-7,10-11,13-14H2,(H,22,23)(H,24,26)/t15-,17+/m1/s1. The maximum Gasteiger partial charge on any atom is 0.224 e. The van der Waals surface area contributed by atoms with Crippen LogP contribution in [0.5, 0.6) is 0 Å². The van der Waals surface area contributed by atoms with Crippen LogP contribution < -0.4 is 10.6 Å². The fourth-order valence-electron chi connectivity index (χ4n) is 4.36. The molecule has 1 aromatic heterocycles. The molecule has 2 aliphatic heterocycles. The number of likely N-dealkylation sites (tertiary alicyclic amines) is 1. The molecule has 0 radical (unpaired) electrons. The summed E-state index contributed by atoms with van der Waals surface area (Å²) >= 11 is 0. The molecule has 0 aromatic carbocycles. The van der Waals surface area contributed by atoms with Crippen molar-refractivity contribution in [3.8, 4) is 0 Å². The molecule has 2 saturated heterocycles. The van der Waals surface area contributed by atoms with Crippen molar-refractivity contribution in [1.82, 2.24) is 20.2 Å². The molecule has 27 heavy (non-hydrogen) atoms. The van der Waals surface area contributed by atoms with Gasteiger partial charge in [-0.25, -0.2) is 4.98 Å². The van der Waals surface area contributed by atoms with Gasteiger partial charge in [-0.3, -0.25) is 14.7 Å². The molecule has 4 rings (SSSR count). The molecule has 2 atom stereocenters. The van der Waals surface area contributed by atoms with Gasteiger partial charge in [0, 0.05) is 56.8 Å². The minimum Gasteiger partial charge on any atom is -0.381 e. The minimum absolute atomic E-state index is 0.0714. The monoisotopic (exact) mass is 373 g/mol. The lowest BCUT2D eigenvalue weighted by Crippen LogP contribution is -2.48. The first-order valence-corrected chi connectivity index (χ1v) is 10.4. The summed E-state index contributed by atoms with van der Waals surface area (Å²) in [6, 6.07) is 1.19. The Morgan fingerprint density at radius 3 is 2.59 bits per heavy atom. The highest BCUT2D eigenvalue weighted by Crippen LogP contribution is 2.26. The predicted molar refractivity (Wildman–Crippen MR) is 103 cm³/mol. The maximum atomic E-state index is 12.8. The Balaban J connectivity index is 1.43. The molecule has 1 aromatic rings. The molecular formula is C20H31N5O2. The van der Waals surface area contributed by atoms with Gasteiger partial charge in [-0.1, -0.05) is 0 Å². The molecule has 7 nitrogen and oxygen atoms in total. The topological polar surface area (TPSA) is 79.4 Å². The van der Waals surface area contributed by atoms with Crippen LogP contribution in [0.1, 0.15) is 44.9 Å². The second-order valence-electron chi connectivity index (χ2n) is 8.14. The average molecular weight is 374 g/mol. The Morgan fingerprint density at radius 2 is 1.89 bits per heavy atom. The molecule has 0 bridgehead atoms. The number of rotatable bonds is 5. The zero-order valence-electron chi connectivity index (χ0n) is 16.0. The zero-order chi connectivity index (χ0) is 18.5. The smallest absolute Gasteiger partial charge is 0.224 e. The normalized spacial score (nSPS) is 28.1. The molecular weight excluding hydrogens is 342 g/mol. The summed E-state index contributed by atoms with van der Waals surface area (Å²) in [6.07, 6.45) is 12.7. The van der Waals surface area contributed by atoms with Crippen molar-refractivity contribution in [3.63, 3.8) is 0 Å². The molecule has 1 saturated carbocycles. The van der Waals surface area contributed by atoms with E-state index < -0.39 is 0 Å². The van der Waals surface area contributed by atoms with Crippen LogP contribution in [0.15, 0.2) is 18.6 Å². The number of amides is 1. The second-order valence-corrected chi connectivity index (χ2v) is 8.14. The molecule has 2 N–H and O–H groups in total. The predicted octanol–water partition coefficient (Wildman–Crippen LogP) is 1.82. The first kappa shape index (κ1) is 18.6. The van der Waals surface area contributed by atoms with E-state index in [4.69, 9.17) is 4.74 Å². The number of anilines is 1. The van der Waals surface area contributed by atoms with Gasteiger partial charge in [-0.15, -0.1) is 0 Å². The molecule has 3 fully saturated rings. The lowest BCUT2D eigenvalue weighted by Gasteiger charge is -2.36. The molecule has 0 spiro atoms. The lowest BCUT2D eigenvalue weighted by atomic mass is 9.91. The summed E-state index contributed by atoms with van der Waals surface area (Å²) < 4.78 is 5.55. The van der Waals surface area contributed by atoms with Crippen LogP contribution in [-0.2, 0) is 9.53 Å². The van der Waals surface area contributed by atoms with E-state index in [1.807, 2.05) is 0 Å². The van der Waals surface area contributed by atoms with Crippen LogP contribution in [0.2, 0.25) is 0 Å². The Morgan fingerprint density at radius 1 is 1.04 bits per heavy atom. The minimum atomic E-state index is 0.0714. The highest BCUT2D eigenvalue weighted by Gasteiger charge is 2.33. The van der Waals surface area contributed by atoms with Crippen LogP contribution in [-0.4, -0.2) is 65.2 Å². The molecule has 3 heterocycles. The van der Waals surface area contributed by atoms with Crippen molar-refractivity contribution in [3.05, 3.63) is 18.6 Å². The van der Waals surface area contributed by atoms with E-state index >= 15 is 0 Å². The van der Waals surface area contributed by atoms with E-state index in [9.17, 15) is 4.79 Å². The van der Waals surface area contributed by atoms with Crippen molar-refractivity contribution in [2.24, 2.45) is 5.92 Å². The molecule has 7 heteroatoms. The van der Waals surface area contributed by atoms with E-state index in [0.717, 1.165) is 70.6 Å². The number of nitrogens with one attached hydrogen (secondary N) is 2. The van der Waals surface area contributed by atoms with Gasteiger partial charge < -0.3 is 15.4 Å². The van der Waals surface area contributed by atoms with Crippen molar-refractivity contribution < 1.29 is 9.53 Å². The van der Waals surface area contributed by atoms with Crippen LogP contribution in [0.4, 0.5) is 5.82 Å².